The fraction of sp³-hybridized carbons (Fsp3) is 0.545. The van der Waals surface area contributed by atoms with Crippen molar-refractivity contribution in [3.05, 3.63) is 22.8 Å². The van der Waals surface area contributed by atoms with E-state index in [-0.39, 0.29) is 0 Å². The molecule has 2 bridgehead atoms. The van der Waals surface area contributed by atoms with Crippen LogP contribution in [-0.2, 0) is 0 Å². The van der Waals surface area contributed by atoms with Crippen molar-refractivity contribution >= 4 is 21.7 Å². The third kappa shape index (κ3) is 1.26. The van der Waals surface area contributed by atoms with Crippen LogP contribution in [0.25, 0.3) is 0 Å². The molecule has 0 atom stereocenters. The topological polar surface area (TPSA) is 16.1 Å². The highest BCUT2D eigenvalue weighted by atomic mass is 79.9. The summed E-state index contributed by atoms with van der Waals surface area (Å²) in [6.07, 6.45) is 7.35. The highest BCUT2D eigenvalue weighted by Gasteiger charge is 2.39. The zero-order valence-electron chi connectivity index (χ0n) is 7.99. The third-order valence-electron chi connectivity index (χ3n) is 3.43. The molecule has 0 unspecified atom stereocenters. The molecule has 3 heterocycles. The third-order valence-corrected chi connectivity index (χ3v) is 3.90. The fourth-order valence-electron chi connectivity index (χ4n) is 2.81. The van der Waals surface area contributed by atoms with Gasteiger partial charge in [-0.05, 0) is 53.7 Å². The number of halogens is 1. The van der Waals surface area contributed by atoms with E-state index in [0.717, 1.165) is 16.6 Å². The summed E-state index contributed by atoms with van der Waals surface area (Å²) in [6, 6.07) is 5.75. The Labute approximate surface area is 92.5 Å². The zero-order valence-corrected chi connectivity index (χ0v) is 9.57. The molecule has 2 nitrogen and oxygen atoms in total. The fourth-order valence-corrected chi connectivity index (χ4v) is 3.04. The molecule has 2 aliphatic heterocycles. The van der Waals surface area contributed by atoms with Gasteiger partial charge in [0, 0.05) is 22.8 Å². The molecule has 74 valence electrons. The molecule has 2 saturated heterocycles. The van der Waals surface area contributed by atoms with Crippen LogP contribution in [0.2, 0.25) is 0 Å². The smallest absolute Gasteiger partial charge is 0.129 e. The van der Waals surface area contributed by atoms with Gasteiger partial charge in [0.05, 0.1) is 0 Å². The van der Waals surface area contributed by atoms with Crippen molar-refractivity contribution in [3.8, 4) is 0 Å². The van der Waals surface area contributed by atoms with Crippen molar-refractivity contribution in [1.29, 1.82) is 0 Å². The molecule has 0 spiro atoms. The second-order valence-electron chi connectivity index (χ2n) is 4.20. The lowest BCUT2D eigenvalue weighted by Crippen LogP contribution is -2.28. The van der Waals surface area contributed by atoms with Crippen LogP contribution in [0.5, 0.6) is 0 Å². The number of nitrogens with zero attached hydrogens (tertiary/aromatic N) is 2. The summed E-state index contributed by atoms with van der Waals surface area (Å²) in [6.45, 7) is 0. The van der Waals surface area contributed by atoms with Crippen LogP contribution >= 0.6 is 15.9 Å². The molecule has 0 radical (unpaired) electrons. The van der Waals surface area contributed by atoms with Crippen LogP contribution in [-0.4, -0.2) is 17.1 Å². The molecular formula is C11H13BrN2. The highest BCUT2D eigenvalue weighted by molar-refractivity contribution is 9.10. The second kappa shape index (κ2) is 3.23. The average molecular weight is 253 g/mol. The minimum Gasteiger partial charge on any atom is -0.351 e. The van der Waals surface area contributed by atoms with E-state index in [4.69, 9.17) is 0 Å². The number of rotatable bonds is 1. The van der Waals surface area contributed by atoms with Crippen LogP contribution in [0.3, 0.4) is 0 Å². The van der Waals surface area contributed by atoms with Crippen molar-refractivity contribution < 1.29 is 0 Å². The van der Waals surface area contributed by atoms with Crippen LogP contribution in [0.4, 0.5) is 5.82 Å². The van der Waals surface area contributed by atoms with Gasteiger partial charge in [0.25, 0.3) is 0 Å². The Morgan fingerprint density at radius 1 is 1.14 bits per heavy atom. The van der Waals surface area contributed by atoms with Crippen LogP contribution in [0.15, 0.2) is 22.8 Å². The van der Waals surface area contributed by atoms with Crippen molar-refractivity contribution in [1.82, 2.24) is 4.98 Å². The van der Waals surface area contributed by atoms with Gasteiger partial charge in [-0.1, -0.05) is 0 Å². The number of hydrogen-bond donors (Lipinski definition) is 0. The van der Waals surface area contributed by atoms with Gasteiger partial charge in [0.15, 0.2) is 0 Å². The lowest BCUT2D eigenvalue weighted by atomic mass is 10.0. The molecule has 1 aromatic rings. The van der Waals surface area contributed by atoms with Crippen LogP contribution in [0, 0.1) is 0 Å². The van der Waals surface area contributed by atoms with Crippen molar-refractivity contribution in [2.45, 2.75) is 37.8 Å². The summed E-state index contributed by atoms with van der Waals surface area (Å²) >= 11 is 3.42. The number of anilines is 1. The van der Waals surface area contributed by atoms with Gasteiger partial charge < -0.3 is 4.90 Å². The van der Waals surface area contributed by atoms with Crippen molar-refractivity contribution in [2.24, 2.45) is 0 Å². The van der Waals surface area contributed by atoms with E-state index >= 15 is 0 Å². The molecule has 0 aromatic carbocycles. The molecule has 0 N–H and O–H groups in total. The lowest BCUT2D eigenvalue weighted by molar-refractivity contribution is 0.576. The van der Waals surface area contributed by atoms with E-state index in [2.05, 4.69) is 37.9 Å². The normalized spacial score (nSPS) is 29.9. The summed E-state index contributed by atoms with van der Waals surface area (Å²) in [5.41, 5.74) is 0. The highest BCUT2D eigenvalue weighted by Crippen LogP contribution is 2.40. The minimum atomic E-state index is 0.772. The Balaban J connectivity index is 1.92. The Hall–Kier alpha value is -0.570. The monoisotopic (exact) mass is 252 g/mol. The molecule has 3 heteroatoms. The van der Waals surface area contributed by atoms with E-state index in [0.29, 0.717) is 0 Å². The largest absolute Gasteiger partial charge is 0.351 e. The molecule has 0 aliphatic carbocycles. The van der Waals surface area contributed by atoms with Gasteiger partial charge in [0.1, 0.15) is 5.82 Å². The van der Waals surface area contributed by atoms with E-state index in [1.807, 2.05) is 6.20 Å². The minimum absolute atomic E-state index is 0.772. The van der Waals surface area contributed by atoms with Gasteiger partial charge in [0.2, 0.25) is 0 Å². The van der Waals surface area contributed by atoms with E-state index in [9.17, 15) is 0 Å². The molecule has 0 amide bonds. The maximum absolute atomic E-state index is 4.48. The molecule has 3 rings (SSSR count). The molecule has 2 fully saturated rings. The second-order valence-corrected chi connectivity index (χ2v) is 5.12. The van der Waals surface area contributed by atoms with E-state index < -0.39 is 0 Å². The summed E-state index contributed by atoms with van der Waals surface area (Å²) in [5.74, 6) is 1.17. The lowest BCUT2D eigenvalue weighted by Gasteiger charge is -2.22. The van der Waals surface area contributed by atoms with Gasteiger partial charge in [-0.3, -0.25) is 0 Å². The van der Waals surface area contributed by atoms with Gasteiger partial charge in [-0.25, -0.2) is 4.98 Å². The van der Waals surface area contributed by atoms with Crippen LogP contribution < -0.4 is 4.90 Å². The van der Waals surface area contributed by atoms with Crippen molar-refractivity contribution in [3.63, 3.8) is 0 Å². The first-order chi connectivity index (χ1) is 6.84. The Bertz CT molecular complexity index is 316. The first-order valence-electron chi connectivity index (χ1n) is 5.24. The summed E-state index contributed by atoms with van der Waals surface area (Å²) < 4.78 is 1.06. The Kier molecular flexibility index (Phi) is 2.01. The predicted octanol–water partition coefficient (Wildman–Crippen LogP) is 2.98. The van der Waals surface area contributed by atoms with E-state index in [1.54, 1.807) is 0 Å². The SMILES string of the molecule is Brc1ccc(N2C3CCC2CC3)nc1. The summed E-state index contributed by atoms with van der Waals surface area (Å²) in [4.78, 5) is 7.00. The molecule has 1 aromatic heterocycles. The molecule has 0 saturated carbocycles. The van der Waals surface area contributed by atoms with Crippen molar-refractivity contribution in [2.75, 3.05) is 4.90 Å². The number of hydrogen-bond acceptors (Lipinski definition) is 2. The molecule has 2 aliphatic rings. The summed E-state index contributed by atoms with van der Waals surface area (Å²) in [5, 5.41) is 0. The maximum atomic E-state index is 4.48. The van der Waals surface area contributed by atoms with Crippen LogP contribution in [0.1, 0.15) is 25.7 Å². The number of aromatic nitrogens is 1. The van der Waals surface area contributed by atoms with Gasteiger partial charge in [-0.15, -0.1) is 0 Å². The maximum Gasteiger partial charge on any atom is 0.129 e. The Morgan fingerprint density at radius 3 is 2.29 bits per heavy atom. The quantitative estimate of drug-likeness (QED) is 0.764. The van der Waals surface area contributed by atoms with Gasteiger partial charge in [-0.2, -0.15) is 0 Å². The first-order valence-corrected chi connectivity index (χ1v) is 6.04. The predicted molar refractivity (Wildman–Crippen MR) is 60.5 cm³/mol. The number of pyridine rings is 1. The average Bonchev–Trinajstić information content (AvgIpc) is 2.78. The molecule has 14 heavy (non-hydrogen) atoms. The van der Waals surface area contributed by atoms with E-state index in [1.165, 1.54) is 31.5 Å². The van der Waals surface area contributed by atoms with Gasteiger partial charge >= 0.3 is 0 Å². The standard InChI is InChI=1S/C11H13BrN2/c12-8-1-6-11(13-7-8)14-9-2-3-10(14)5-4-9/h1,6-7,9-10H,2-5H2. The zero-order chi connectivity index (χ0) is 9.54. The Morgan fingerprint density at radius 2 is 1.79 bits per heavy atom. The molecular weight excluding hydrogens is 240 g/mol. The first kappa shape index (κ1) is 8.72. The number of fused-ring (bicyclic) bond motifs is 2. The summed E-state index contributed by atoms with van der Waals surface area (Å²) in [7, 11) is 0.